The number of hydrogen-bond donors (Lipinski definition) is 0. The van der Waals surface area contributed by atoms with Crippen molar-refractivity contribution in [2.45, 2.75) is 39.7 Å². The van der Waals surface area contributed by atoms with Gasteiger partial charge in [0.1, 0.15) is 0 Å². The van der Waals surface area contributed by atoms with E-state index < -0.39 is 0 Å². The van der Waals surface area contributed by atoms with Gasteiger partial charge in [-0.25, -0.2) is 0 Å². The number of thiophene rings is 1. The van der Waals surface area contributed by atoms with Crippen LogP contribution in [-0.4, -0.2) is 59.8 Å². The van der Waals surface area contributed by atoms with Gasteiger partial charge in [-0.1, -0.05) is 6.07 Å². The van der Waals surface area contributed by atoms with Crippen LogP contribution < -0.4 is 0 Å². The molecule has 0 spiro atoms. The molecule has 1 aliphatic heterocycles. The molecule has 1 atom stereocenters. The number of amides is 1. The summed E-state index contributed by atoms with van der Waals surface area (Å²) in [5, 5.41) is 2.10. The lowest BCUT2D eigenvalue weighted by molar-refractivity contribution is -0.134. The number of Topliss-reactive ketones (excluding diaryl/α,β-unsaturated/α-hetero) is 1. The van der Waals surface area contributed by atoms with Crippen molar-refractivity contribution in [2.24, 2.45) is 5.92 Å². The van der Waals surface area contributed by atoms with Gasteiger partial charge in [-0.2, -0.15) is 0 Å². The fourth-order valence-corrected chi connectivity index (χ4v) is 4.86. The van der Waals surface area contributed by atoms with Crippen LogP contribution in [0, 0.1) is 19.8 Å². The molecule has 2 aromatic rings. The molecular formula is C22H31N3O2S. The number of carbonyl (C=O) groups excluding carboxylic acids is 2. The van der Waals surface area contributed by atoms with Crippen molar-refractivity contribution >= 4 is 23.0 Å². The van der Waals surface area contributed by atoms with Crippen LogP contribution in [0.4, 0.5) is 0 Å². The van der Waals surface area contributed by atoms with Crippen molar-refractivity contribution in [2.75, 3.05) is 33.7 Å². The molecule has 152 valence electrons. The molecule has 0 aromatic carbocycles. The quantitative estimate of drug-likeness (QED) is 0.668. The molecule has 3 heterocycles. The van der Waals surface area contributed by atoms with Gasteiger partial charge in [-0.3, -0.25) is 14.5 Å². The third-order valence-electron chi connectivity index (χ3n) is 5.70. The second-order valence-corrected chi connectivity index (χ2v) is 9.03. The predicted molar refractivity (Wildman–Crippen MR) is 114 cm³/mol. The maximum absolute atomic E-state index is 13.0. The SMILES string of the molecule is Cc1cc(C(=O)CN2CCCC(C(=O)N(C)C)C2)c(C)n1CCc1cccs1. The first kappa shape index (κ1) is 20.8. The van der Waals surface area contributed by atoms with E-state index in [4.69, 9.17) is 0 Å². The number of hydrogen-bond acceptors (Lipinski definition) is 4. The van der Waals surface area contributed by atoms with E-state index in [1.807, 2.05) is 13.0 Å². The standard InChI is InChI=1S/C22H31N3O2S/c1-16-13-20(17(2)25(16)11-9-19-8-6-12-28-19)21(26)15-24-10-5-7-18(14-24)22(27)23(3)4/h6,8,12-13,18H,5,7,9-11,14-15H2,1-4H3. The van der Waals surface area contributed by atoms with E-state index in [1.165, 1.54) is 4.88 Å². The summed E-state index contributed by atoms with van der Waals surface area (Å²) in [5.41, 5.74) is 3.01. The van der Waals surface area contributed by atoms with Gasteiger partial charge in [0.05, 0.1) is 12.5 Å². The molecule has 1 unspecified atom stereocenters. The molecule has 1 aliphatic rings. The Bertz CT molecular complexity index is 823. The van der Waals surface area contributed by atoms with Crippen molar-refractivity contribution in [1.82, 2.24) is 14.4 Å². The van der Waals surface area contributed by atoms with Crippen molar-refractivity contribution in [3.05, 3.63) is 45.4 Å². The number of ketones is 1. The van der Waals surface area contributed by atoms with Crippen molar-refractivity contribution in [3.8, 4) is 0 Å². The molecule has 0 saturated carbocycles. The first-order valence-corrected chi connectivity index (χ1v) is 10.9. The monoisotopic (exact) mass is 401 g/mol. The average Bonchev–Trinajstić information content (AvgIpc) is 3.28. The maximum atomic E-state index is 13.0. The number of aromatic nitrogens is 1. The Balaban J connectivity index is 1.64. The summed E-state index contributed by atoms with van der Waals surface area (Å²) in [6.45, 7) is 6.98. The summed E-state index contributed by atoms with van der Waals surface area (Å²) in [6, 6.07) is 6.27. The van der Waals surface area contributed by atoms with Gasteiger partial charge in [-0.05, 0) is 57.2 Å². The Hall–Kier alpha value is -1.92. The number of carbonyl (C=O) groups is 2. The first-order chi connectivity index (χ1) is 13.4. The van der Waals surface area contributed by atoms with Crippen LogP contribution >= 0.6 is 11.3 Å². The van der Waals surface area contributed by atoms with Crippen molar-refractivity contribution in [3.63, 3.8) is 0 Å². The molecule has 3 rings (SSSR count). The normalized spacial score (nSPS) is 17.6. The summed E-state index contributed by atoms with van der Waals surface area (Å²) in [4.78, 5) is 30.5. The van der Waals surface area contributed by atoms with Crippen molar-refractivity contribution < 1.29 is 9.59 Å². The minimum atomic E-state index is 0.00905. The van der Waals surface area contributed by atoms with E-state index in [0.29, 0.717) is 13.1 Å². The van der Waals surface area contributed by atoms with Gasteiger partial charge in [0, 0.05) is 49.0 Å². The van der Waals surface area contributed by atoms with Gasteiger partial charge >= 0.3 is 0 Å². The fourth-order valence-electron chi connectivity index (χ4n) is 4.16. The van der Waals surface area contributed by atoms with E-state index in [0.717, 1.165) is 49.3 Å². The summed E-state index contributed by atoms with van der Waals surface area (Å²) < 4.78 is 2.25. The summed E-state index contributed by atoms with van der Waals surface area (Å²) in [5.74, 6) is 0.340. The highest BCUT2D eigenvalue weighted by Gasteiger charge is 2.28. The lowest BCUT2D eigenvalue weighted by Crippen LogP contribution is -2.44. The Morgan fingerprint density at radius 2 is 2.07 bits per heavy atom. The zero-order chi connectivity index (χ0) is 20.3. The van der Waals surface area contributed by atoms with Crippen LogP contribution in [0.15, 0.2) is 23.6 Å². The van der Waals surface area contributed by atoms with Gasteiger partial charge in [0.15, 0.2) is 5.78 Å². The van der Waals surface area contributed by atoms with Crippen LogP contribution in [0.5, 0.6) is 0 Å². The smallest absolute Gasteiger partial charge is 0.226 e. The number of rotatable bonds is 7. The second kappa shape index (κ2) is 9.05. The van der Waals surface area contributed by atoms with Crippen LogP contribution in [0.25, 0.3) is 0 Å². The second-order valence-electron chi connectivity index (χ2n) is 8.00. The molecule has 2 aromatic heterocycles. The van der Waals surface area contributed by atoms with Crippen LogP contribution in [0.3, 0.4) is 0 Å². The van der Waals surface area contributed by atoms with Gasteiger partial charge in [0.2, 0.25) is 5.91 Å². The maximum Gasteiger partial charge on any atom is 0.226 e. The summed E-state index contributed by atoms with van der Waals surface area (Å²) in [7, 11) is 3.61. The van der Waals surface area contributed by atoms with Crippen LogP contribution in [0.1, 0.15) is 39.5 Å². The largest absolute Gasteiger partial charge is 0.349 e. The third kappa shape index (κ3) is 4.73. The Morgan fingerprint density at radius 1 is 1.29 bits per heavy atom. The summed E-state index contributed by atoms with van der Waals surface area (Å²) in [6.07, 6.45) is 2.87. The van der Waals surface area contributed by atoms with Crippen LogP contribution in [-0.2, 0) is 17.8 Å². The molecule has 5 nitrogen and oxygen atoms in total. The lowest BCUT2D eigenvalue weighted by Gasteiger charge is -2.32. The minimum Gasteiger partial charge on any atom is -0.349 e. The molecule has 0 bridgehead atoms. The van der Waals surface area contributed by atoms with E-state index in [9.17, 15) is 9.59 Å². The zero-order valence-corrected chi connectivity index (χ0v) is 18.2. The molecule has 1 amide bonds. The molecule has 6 heteroatoms. The van der Waals surface area contributed by atoms with E-state index in [2.05, 4.69) is 33.9 Å². The molecule has 1 fully saturated rings. The van der Waals surface area contributed by atoms with Gasteiger partial charge in [0.25, 0.3) is 0 Å². The molecule has 28 heavy (non-hydrogen) atoms. The Labute approximate surface area is 171 Å². The highest BCUT2D eigenvalue weighted by molar-refractivity contribution is 7.09. The zero-order valence-electron chi connectivity index (χ0n) is 17.4. The Kier molecular flexibility index (Phi) is 6.73. The summed E-state index contributed by atoms with van der Waals surface area (Å²) >= 11 is 1.78. The lowest BCUT2D eigenvalue weighted by atomic mass is 9.96. The highest BCUT2D eigenvalue weighted by Crippen LogP contribution is 2.21. The van der Waals surface area contributed by atoms with E-state index >= 15 is 0 Å². The molecule has 0 N–H and O–H groups in total. The van der Waals surface area contributed by atoms with Crippen LogP contribution in [0.2, 0.25) is 0 Å². The molecule has 0 radical (unpaired) electrons. The van der Waals surface area contributed by atoms with E-state index in [-0.39, 0.29) is 17.6 Å². The molecule has 0 aliphatic carbocycles. The number of nitrogens with zero attached hydrogens (tertiary/aromatic N) is 3. The number of piperidine rings is 1. The fraction of sp³-hybridized carbons (Fsp3) is 0.545. The third-order valence-corrected chi connectivity index (χ3v) is 6.63. The first-order valence-electron chi connectivity index (χ1n) is 10.0. The number of aryl methyl sites for hydroxylation is 2. The van der Waals surface area contributed by atoms with E-state index in [1.54, 1.807) is 30.3 Å². The molecule has 1 saturated heterocycles. The van der Waals surface area contributed by atoms with Gasteiger partial charge in [-0.15, -0.1) is 11.3 Å². The number of likely N-dealkylation sites (tertiary alicyclic amines) is 1. The predicted octanol–water partition coefficient (Wildman–Crippen LogP) is 3.39. The highest BCUT2D eigenvalue weighted by atomic mass is 32.1. The average molecular weight is 402 g/mol. The topological polar surface area (TPSA) is 45.6 Å². The minimum absolute atomic E-state index is 0.00905. The van der Waals surface area contributed by atoms with Gasteiger partial charge < -0.3 is 9.47 Å². The van der Waals surface area contributed by atoms with Crippen molar-refractivity contribution in [1.29, 1.82) is 0 Å². The molecular weight excluding hydrogens is 370 g/mol. The Morgan fingerprint density at radius 3 is 2.75 bits per heavy atom.